The molecule has 1 rings (SSSR count). The molecule has 0 aliphatic rings. The van der Waals surface area contributed by atoms with Gasteiger partial charge in [0.25, 0.3) is 0 Å². The van der Waals surface area contributed by atoms with Crippen molar-refractivity contribution in [1.82, 2.24) is 0 Å². The Balaban J connectivity index is 2.21. The van der Waals surface area contributed by atoms with Crippen molar-refractivity contribution in [2.75, 3.05) is 11.9 Å². The van der Waals surface area contributed by atoms with Gasteiger partial charge in [0.1, 0.15) is 0 Å². The van der Waals surface area contributed by atoms with Gasteiger partial charge in [0, 0.05) is 12.2 Å². The van der Waals surface area contributed by atoms with Crippen LogP contribution < -0.4 is 5.32 Å². The number of nitrogens with one attached hydrogen (secondary N) is 1. The maximum atomic E-state index is 5.91. The Labute approximate surface area is 107 Å². The minimum atomic E-state index is 0.596. The van der Waals surface area contributed by atoms with Crippen LogP contribution in [0.25, 0.3) is 0 Å². The van der Waals surface area contributed by atoms with E-state index in [1.54, 1.807) is 0 Å². The van der Waals surface area contributed by atoms with Crippen LogP contribution in [0.1, 0.15) is 25.7 Å². The molecule has 0 heterocycles. The Bertz CT molecular complexity index is 337. The molecular formula is C13H17Cl2N. The molecule has 16 heavy (non-hydrogen) atoms. The molecule has 0 fully saturated rings. The largest absolute Gasteiger partial charge is 0.385 e. The minimum Gasteiger partial charge on any atom is -0.385 e. The van der Waals surface area contributed by atoms with E-state index in [0.29, 0.717) is 10.0 Å². The molecule has 0 saturated heterocycles. The van der Waals surface area contributed by atoms with Crippen LogP contribution in [0.5, 0.6) is 0 Å². The van der Waals surface area contributed by atoms with Gasteiger partial charge in [-0.1, -0.05) is 35.7 Å². The van der Waals surface area contributed by atoms with E-state index in [9.17, 15) is 0 Å². The van der Waals surface area contributed by atoms with Gasteiger partial charge in [0.2, 0.25) is 0 Å². The molecule has 0 bridgehead atoms. The highest BCUT2D eigenvalue weighted by atomic mass is 35.5. The van der Waals surface area contributed by atoms with Crippen LogP contribution in [0.4, 0.5) is 5.69 Å². The van der Waals surface area contributed by atoms with Crippen LogP contribution in [0.3, 0.4) is 0 Å². The fourth-order valence-corrected chi connectivity index (χ4v) is 1.73. The third-order valence-electron chi connectivity index (χ3n) is 2.33. The zero-order valence-electron chi connectivity index (χ0n) is 9.31. The normalized spacial score (nSPS) is 10.1. The fraction of sp³-hybridized carbons (Fsp3) is 0.385. The molecule has 0 atom stereocenters. The first-order valence-electron chi connectivity index (χ1n) is 5.54. The maximum absolute atomic E-state index is 5.91. The summed E-state index contributed by atoms with van der Waals surface area (Å²) in [4.78, 5) is 0. The highest BCUT2D eigenvalue weighted by Gasteiger charge is 1.98. The zero-order chi connectivity index (χ0) is 11.8. The van der Waals surface area contributed by atoms with Crippen molar-refractivity contribution in [3.63, 3.8) is 0 Å². The van der Waals surface area contributed by atoms with Gasteiger partial charge >= 0.3 is 0 Å². The van der Waals surface area contributed by atoms with E-state index in [1.165, 1.54) is 12.8 Å². The molecule has 1 nitrogen and oxygen atoms in total. The highest BCUT2D eigenvalue weighted by Crippen LogP contribution is 2.24. The van der Waals surface area contributed by atoms with E-state index in [-0.39, 0.29) is 0 Å². The molecule has 3 heteroatoms. The standard InChI is InChI=1S/C13H17Cl2N/c1-2-3-4-5-6-9-16-11-7-8-12(14)13(15)10-11/h2,7-8,10,16H,1,3-6,9H2. The number of hydrogen-bond donors (Lipinski definition) is 1. The molecule has 88 valence electrons. The van der Waals surface area contributed by atoms with Gasteiger partial charge in [-0.3, -0.25) is 0 Å². The zero-order valence-corrected chi connectivity index (χ0v) is 10.8. The number of rotatable bonds is 7. The van der Waals surface area contributed by atoms with Gasteiger partial charge in [-0.05, 0) is 37.5 Å². The minimum absolute atomic E-state index is 0.596. The van der Waals surface area contributed by atoms with Gasteiger partial charge in [0.15, 0.2) is 0 Å². The summed E-state index contributed by atoms with van der Waals surface area (Å²) in [6.07, 6.45) is 6.67. The van der Waals surface area contributed by atoms with Crippen LogP contribution >= 0.6 is 23.2 Å². The molecule has 0 aliphatic carbocycles. The van der Waals surface area contributed by atoms with E-state index < -0.39 is 0 Å². The lowest BCUT2D eigenvalue weighted by molar-refractivity contribution is 0.709. The van der Waals surface area contributed by atoms with Crippen LogP contribution in [-0.4, -0.2) is 6.54 Å². The van der Waals surface area contributed by atoms with E-state index in [1.807, 2.05) is 24.3 Å². The van der Waals surface area contributed by atoms with Crippen molar-refractivity contribution in [2.45, 2.75) is 25.7 Å². The summed E-state index contributed by atoms with van der Waals surface area (Å²) in [5.74, 6) is 0. The fourth-order valence-electron chi connectivity index (χ4n) is 1.43. The molecule has 1 aromatic carbocycles. The first-order chi connectivity index (χ1) is 7.74. The summed E-state index contributed by atoms with van der Waals surface area (Å²) in [6.45, 7) is 4.67. The smallest absolute Gasteiger partial charge is 0.0612 e. The molecule has 0 saturated carbocycles. The van der Waals surface area contributed by atoms with Crippen molar-refractivity contribution in [3.05, 3.63) is 40.9 Å². The lowest BCUT2D eigenvalue weighted by Gasteiger charge is -2.06. The molecule has 0 radical (unpaired) electrons. The Hall–Kier alpha value is -0.660. The predicted molar refractivity (Wildman–Crippen MR) is 73.6 cm³/mol. The number of halogens is 2. The first-order valence-corrected chi connectivity index (χ1v) is 6.29. The van der Waals surface area contributed by atoms with E-state index in [0.717, 1.165) is 25.1 Å². The van der Waals surface area contributed by atoms with Crippen LogP contribution in [0.15, 0.2) is 30.9 Å². The summed E-state index contributed by atoms with van der Waals surface area (Å²) in [7, 11) is 0. The Kier molecular flexibility index (Phi) is 6.36. The summed E-state index contributed by atoms with van der Waals surface area (Å²) < 4.78 is 0. The van der Waals surface area contributed by atoms with Crippen molar-refractivity contribution in [3.8, 4) is 0 Å². The molecule has 1 aromatic rings. The Morgan fingerprint density at radius 1 is 1.12 bits per heavy atom. The van der Waals surface area contributed by atoms with Gasteiger partial charge in [-0.25, -0.2) is 0 Å². The van der Waals surface area contributed by atoms with Crippen molar-refractivity contribution in [2.24, 2.45) is 0 Å². The highest BCUT2D eigenvalue weighted by molar-refractivity contribution is 6.42. The van der Waals surface area contributed by atoms with Crippen LogP contribution in [-0.2, 0) is 0 Å². The third-order valence-corrected chi connectivity index (χ3v) is 3.07. The van der Waals surface area contributed by atoms with E-state index >= 15 is 0 Å². The lowest BCUT2D eigenvalue weighted by Crippen LogP contribution is -2.01. The topological polar surface area (TPSA) is 12.0 Å². The van der Waals surface area contributed by atoms with Crippen molar-refractivity contribution >= 4 is 28.9 Å². The second kappa shape index (κ2) is 7.59. The second-order valence-corrected chi connectivity index (χ2v) is 4.51. The third kappa shape index (κ3) is 4.91. The molecule has 1 N–H and O–H groups in total. The average Bonchev–Trinajstić information content (AvgIpc) is 2.28. The predicted octanol–water partition coefficient (Wildman–Crippen LogP) is 5.15. The number of benzene rings is 1. The van der Waals surface area contributed by atoms with E-state index in [4.69, 9.17) is 23.2 Å². The van der Waals surface area contributed by atoms with Gasteiger partial charge < -0.3 is 5.32 Å². The summed E-state index contributed by atoms with van der Waals surface area (Å²) in [6, 6.07) is 5.61. The Morgan fingerprint density at radius 2 is 1.94 bits per heavy atom. The molecule has 0 amide bonds. The monoisotopic (exact) mass is 257 g/mol. The second-order valence-electron chi connectivity index (χ2n) is 3.69. The number of allylic oxidation sites excluding steroid dienone is 1. The van der Waals surface area contributed by atoms with Crippen LogP contribution in [0.2, 0.25) is 10.0 Å². The van der Waals surface area contributed by atoms with Crippen molar-refractivity contribution < 1.29 is 0 Å². The molecule has 0 spiro atoms. The summed E-state index contributed by atoms with van der Waals surface area (Å²) in [5.41, 5.74) is 1.03. The maximum Gasteiger partial charge on any atom is 0.0612 e. The van der Waals surface area contributed by atoms with Crippen molar-refractivity contribution in [1.29, 1.82) is 0 Å². The SMILES string of the molecule is C=CCCCCCNc1ccc(Cl)c(Cl)c1. The quantitative estimate of drug-likeness (QED) is 0.526. The molecule has 0 aliphatic heterocycles. The first kappa shape index (κ1) is 13.4. The molecular weight excluding hydrogens is 241 g/mol. The number of anilines is 1. The van der Waals surface area contributed by atoms with E-state index in [2.05, 4.69) is 11.9 Å². The van der Waals surface area contributed by atoms with Gasteiger partial charge in [0.05, 0.1) is 10.0 Å². The summed E-state index contributed by atoms with van der Waals surface area (Å²) >= 11 is 11.7. The number of unbranched alkanes of at least 4 members (excludes halogenated alkanes) is 3. The lowest BCUT2D eigenvalue weighted by atomic mass is 10.2. The molecule has 0 unspecified atom stereocenters. The summed E-state index contributed by atoms with van der Waals surface area (Å²) in [5, 5.41) is 4.51. The number of hydrogen-bond acceptors (Lipinski definition) is 1. The van der Waals surface area contributed by atoms with Gasteiger partial charge in [-0.2, -0.15) is 0 Å². The Morgan fingerprint density at radius 3 is 2.62 bits per heavy atom. The van der Waals surface area contributed by atoms with Crippen LogP contribution in [0, 0.1) is 0 Å². The molecule has 0 aromatic heterocycles. The van der Waals surface area contributed by atoms with Gasteiger partial charge in [-0.15, -0.1) is 6.58 Å². The average molecular weight is 258 g/mol.